The van der Waals surface area contributed by atoms with Crippen LogP contribution >= 0.6 is 11.6 Å². The maximum absolute atomic E-state index is 12.8. The van der Waals surface area contributed by atoms with E-state index < -0.39 is 0 Å². The van der Waals surface area contributed by atoms with Crippen LogP contribution in [0.1, 0.15) is 27.3 Å². The third-order valence-corrected chi connectivity index (χ3v) is 4.77. The first-order valence-corrected chi connectivity index (χ1v) is 8.85. The number of nitrogens with zero attached hydrogens (tertiary/aromatic N) is 3. The minimum Gasteiger partial charge on any atom is -0.496 e. The summed E-state index contributed by atoms with van der Waals surface area (Å²) in [6.07, 6.45) is 1.76. The largest absolute Gasteiger partial charge is 0.496 e. The lowest BCUT2D eigenvalue weighted by Gasteiger charge is -2.18. The number of hydrogen-bond acceptors (Lipinski definition) is 4. The molecular formula is C20H21ClN4O2. The molecular weight excluding hydrogens is 364 g/mol. The van der Waals surface area contributed by atoms with Crippen molar-refractivity contribution in [3.8, 4) is 17.0 Å². The number of H-pyrrole nitrogens is 1. The van der Waals surface area contributed by atoms with Gasteiger partial charge in [-0.25, -0.2) is 0 Å². The number of hydrogen-bond donors (Lipinski definition) is 1. The average Bonchev–Trinajstić information content (AvgIpc) is 3.14. The zero-order valence-electron chi connectivity index (χ0n) is 15.7. The van der Waals surface area contributed by atoms with Crippen LogP contribution in [0.3, 0.4) is 0 Å². The molecule has 0 atom stereocenters. The van der Waals surface area contributed by atoms with Gasteiger partial charge in [0.15, 0.2) is 0 Å². The number of carbonyl (C=O) groups is 1. The van der Waals surface area contributed by atoms with Crippen LogP contribution < -0.4 is 4.74 Å². The number of ether oxygens (including phenoxy) is 1. The number of amides is 1. The molecule has 0 aliphatic rings. The molecule has 1 N–H and O–H groups in total. The highest BCUT2D eigenvalue weighted by molar-refractivity contribution is 6.33. The topological polar surface area (TPSA) is 71.1 Å². The highest BCUT2D eigenvalue weighted by Crippen LogP contribution is 2.27. The maximum Gasteiger partial charge on any atom is 0.271 e. The molecule has 0 aliphatic carbocycles. The third-order valence-electron chi connectivity index (χ3n) is 4.44. The molecule has 0 radical (unpaired) electrons. The fourth-order valence-electron chi connectivity index (χ4n) is 2.97. The van der Waals surface area contributed by atoms with Gasteiger partial charge in [0.25, 0.3) is 5.91 Å². The lowest BCUT2D eigenvalue weighted by atomic mass is 10.1. The lowest BCUT2D eigenvalue weighted by molar-refractivity contribution is 0.0777. The molecule has 0 aliphatic heterocycles. The lowest BCUT2D eigenvalue weighted by Crippen LogP contribution is -2.27. The van der Waals surface area contributed by atoms with Crippen LogP contribution in [-0.4, -0.2) is 40.1 Å². The summed E-state index contributed by atoms with van der Waals surface area (Å²) >= 11 is 6.21. The summed E-state index contributed by atoms with van der Waals surface area (Å²) in [4.78, 5) is 18.8. The second-order valence-electron chi connectivity index (χ2n) is 6.35. The molecule has 27 heavy (non-hydrogen) atoms. The molecule has 0 unspecified atom stereocenters. The zero-order chi connectivity index (χ0) is 19.6. The van der Waals surface area contributed by atoms with Gasteiger partial charge in [-0.3, -0.25) is 14.9 Å². The molecule has 0 fully saturated rings. The number of methoxy groups -OCH3 is 1. The normalized spacial score (nSPS) is 10.7. The van der Waals surface area contributed by atoms with Gasteiger partial charge in [-0.05, 0) is 26.0 Å². The first-order valence-electron chi connectivity index (χ1n) is 8.47. The van der Waals surface area contributed by atoms with Crippen LogP contribution in [0.25, 0.3) is 11.3 Å². The standard InChI is InChI=1S/C20H21ClN4O2/c1-12-10-22-18(13(2)19(12)27-4)11-25(3)20(26)17-9-16(23-24-17)14-7-5-6-8-15(14)21/h5-10H,11H2,1-4H3,(H,23,24). The van der Waals surface area contributed by atoms with Crippen molar-refractivity contribution in [1.82, 2.24) is 20.1 Å². The summed E-state index contributed by atoms with van der Waals surface area (Å²) < 4.78 is 5.43. The van der Waals surface area contributed by atoms with E-state index in [2.05, 4.69) is 15.2 Å². The Kier molecular flexibility index (Phi) is 5.46. The van der Waals surface area contributed by atoms with Crippen LogP contribution in [-0.2, 0) is 6.54 Å². The van der Waals surface area contributed by atoms with E-state index in [1.54, 1.807) is 37.4 Å². The highest BCUT2D eigenvalue weighted by atomic mass is 35.5. The van der Waals surface area contributed by atoms with E-state index in [1.807, 2.05) is 32.0 Å². The molecule has 6 nitrogen and oxygen atoms in total. The van der Waals surface area contributed by atoms with E-state index in [1.165, 1.54) is 0 Å². The molecule has 3 rings (SSSR count). The first kappa shape index (κ1) is 18.9. The van der Waals surface area contributed by atoms with Gasteiger partial charge in [0.2, 0.25) is 0 Å². The average molecular weight is 385 g/mol. The Bertz CT molecular complexity index is 984. The molecule has 0 bridgehead atoms. The fourth-order valence-corrected chi connectivity index (χ4v) is 3.20. The quantitative estimate of drug-likeness (QED) is 0.721. The van der Waals surface area contributed by atoms with Gasteiger partial charge in [-0.15, -0.1) is 0 Å². The molecule has 0 saturated carbocycles. The summed E-state index contributed by atoms with van der Waals surface area (Å²) in [5, 5.41) is 7.61. The van der Waals surface area contributed by atoms with Crippen LogP contribution in [0.15, 0.2) is 36.5 Å². The Balaban J connectivity index is 1.80. The third kappa shape index (κ3) is 3.80. The fraction of sp³-hybridized carbons (Fsp3) is 0.250. The van der Waals surface area contributed by atoms with E-state index in [-0.39, 0.29) is 5.91 Å². The summed E-state index contributed by atoms with van der Waals surface area (Å²) in [5.74, 6) is 0.616. The Labute approximate surface area is 163 Å². The molecule has 0 spiro atoms. The van der Waals surface area contributed by atoms with Crippen molar-refractivity contribution in [3.63, 3.8) is 0 Å². The number of benzene rings is 1. The second-order valence-corrected chi connectivity index (χ2v) is 6.76. The zero-order valence-corrected chi connectivity index (χ0v) is 16.5. The predicted molar refractivity (Wildman–Crippen MR) is 105 cm³/mol. The number of aromatic nitrogens is 3. The maximum atomic E-state index is 12.8. The van der Waals surface area contributed by atoms with Gasteiger partial charge in [0, 0.05) is 29.9 Å². The highest BCUT2D eigenvalue weighted by Gasteiger charge is 2.19. The van der Waals surface area contributed by atoms with Gasteiger partial charge in [-0.2, -0.15) is 5.10 Å². The first-order chi connectivity index (χ1) is 12.9. The molecule has 1 amide bonds. The van der Waals surface area contributed by atoms with Gasteiger partial charge in [0.05, 0.1) is 30.1 Å². The van der Waals surface area contributed by atoms with Crippen LogP contribution in [0.2, 0.25) is 5.02 Å². The van der Waals surface area contributed by atoms with Crippen molar-refractivity contribution in [2.24, 2.45) is 0 Å². The van der Waals surface area contributed by atoms with Gasteiger partial charge in [0.1, 0.15) is 11.4 Å². The molecule has 3 aromatic rings. The molecule has 1 aromatic carbocycles. The Morgan fingerprint density at radius 1 is 1.30 bits per heavy atom. The number of halogens is 1. The monoisotopic (exact) mass is 384 g/mol. The molecule has 0 saturated heterocycles. The summed E-state index contributed by atoms with van der Waals surface area (Å²) in [6, 6.07) is 9.09. The van der Waals surface area contributed by atoms with Crippen LogP contribution in [0.4, 0.5) is 0 Å². The Morgan fingerprint density at radius 2 is 2.04 bits per heavy atom. The van der Waals surface area contributed by atoms with Crippen molar-refractivity contribution in [2.45, 2.75) is 20.4 Å². The van der Waals surface area contributed by atoms with Crippen molar-refractivity contribution in [2.75, 3.05) is 14.2 Å². The molecule has 140 valence electrons. The molecule has 7 heteroatoms. The van der Waals surface area contributed by atoms with Crippen molar-refractivity contribution >= 4 is 17.5 Å². The number of aryl methyl sites for hydroxylation is 1. The summed E-state index contributed by atoms with van der Waals surface area (Å²) in [7, 11) is 3.36. The van der Waals surface area contributed by atoms with Gasteiger partial charge >= 0.3 is 0 Å². The number of nitrogens with one attached hydrogen (secondary N) is 1. The van der Waals surface area contributed by atoms with Crippen LogP contribution in [0.5, 0.6) is 5.75 Å². The smallest absolute Gasteiger partial charge is 0.271 e. The minimum absolute atomic E-state index is 0.179. The predicted octanol–water partition coefficient (Wildman–Crippen LogP) is 4.02. The second kappa shape index (κ2) is 7.80. The van der Waals surface area contributed by atoms with E-state index in [0.717, 1.165) is 28.1 Å². The Morgan fingerprint density at radius 3 is 2.74 bits per heavy atom. The van der Waals surface area contributed by atoms with Crippen molar-refractivity contribution < 1.29 is 9.53 Å². The SMILES string of the molecule is COc1c(C)cnc(CN(C)C(=O)c2cc(-c3ccccc3Cl)n[nH]2)c1C. The molecule has 2 aromatic heterocycles. The minimum atomic E-state index is -0.179. The summed E-state index contributed by atoms with van der Waals surface area (Å²) in [6.45, 7) is 4.25. The molecule has 2 heterocycles. The van der Waals surface area contributed by atoms with Crippen molar-refractivity contribution in [3.05, 3.63) is 64.1 Å². The van der Waals surface area contributed by atoms with Gasteiger partial charge in [-0.1, -0.05) is 29.8 Å². The Hall–Kier alpha value is -2.86. The van der Waals surface area contributed by atoms with Crippen molar-refractivity contribution in [1.29, 1.82) is 0 Å². The number of pyridine rings is 1. The van der Waals surface area contributed by atoms with E-state index in [4.69, 9.17) is 16.3 Å². The van der Waals surface area contributed by atoms with E-state index in [9.17, 15) is 4.79 Å². The number of aromatic amines is 1. The van der Waals surface area contributed by atoms with E-state index >= 15 is 0 Å². The van der Waals surface area contributed by atoms with Crippen LogP contribution in [0, 0.1) is 13.8 Å². The summed E-state index contributed by atoms with van der Waals surface area (Å²) in [5.41, 5.74) is 4.48. The van der Waals surface area contributed by atoms with Gasteiger partial charge < -0.3 is 9.64 Å². The number of carbonyl (C=O) groups excluding carboxylic acids is 1. The van der Waals surface area contributed by atoms with E-state index in [0.29, 0.717) is 23.0 Å². The number of rotatable bonds is 5.